The summed E-state index contributed by atoms with van der Waals surface area (Å²) < 4.78 is 0. The number of nitrogens with one attached hydrogen (secondary N) is 1. The van der Waals surface area contributed by atoms with Crippen LogP contribution in [0.4, 0.5) is 0 Å². The maximum Gasteiger partial charge on any atom is 0.0167 e. The Balaban J connectivity index is 1.75. The number of hydrogen-bond donors (Lipinski definition) is 1. The molecule has 0 atom stereocenters. The predicted molar refractivity (Wildman–Crippen MR) is 83.2 cm³/mol. The molecule has 1 aliphatic heterocycles. The fourth-order valence-corrected chi connectivity index (χ4v) is 2.64. The average molecular weight is 258 g/mol. The summed E-state index contributed by atoms with van der Waals surface area (Å²) >= 11 is 0. The molecule has 0 aliphatic carbocycles. The van der Waals surface area contributed by atoms with Crippen LogP contribution in [0.15, 0.2) is 35.9 Å². The van der Waals surface area contributed by atoms with Crippen LogP contribution in [-0.2, 0) is 0 Å². The molecule has 2 nitrogen and oxygen atoms in total. The summed E-state index contributed by atoms with van der Waals surface area (Å²) in [6.45, 7) is 9.15. The predicted octanol–water partition coefficient (Wildman–Crippen LogP) is 3.16. The van der Waals surface area contributed by atoms with Crippen LogP contribution in [0.1, 0.15) is 32.3 Å². The molecule has 0 unspecified atom stereocenters. The van der Waals surface area contributed by atoms with Crippen LogP contribution in [0.25, 0.3) is 6.08 Å². The molecule has 0 bridgehead atoms. The summed E-state index contributed by atoms with van der Waals surface area (Å²) in [5.41, 5.74) is 2.70. The first kappa shape index (κ1) is 14.3. The molecular formula is C17H26N2. The molecule has 0 saturated carbocycles. The quantitative estimate of drug-likeness (QED) is 0.872. The van der Waals surface area contributed by atoms with Gasteiger partial charge in [-0.05, 0) is 45.0 Å². The summed E-state index contributed by atoms with van der Waals surface area (Å²) in [5.74, 6) is 0. The van der Waals surface area contributed by atoms with E-state index < -0.39 is 0 Å². The van der Waals surface area contributed by atoms with E-state index in [4.69, 9.17) is 0 Å². The first-order chi connectivity index (χ1) is 9.28. The van der Waals surface area contributed by atoms with E-state index in [0.29, 0.717) is 6.04 Å². The Morgan fingerprint density at radius 1 is 1.26 bits per heavy atom. The van der Waals surface area contributed by atoms with Gasteiger partial charge in [0.1, 0.15) is 0 Å². The van der Waals surface area contributed by atoms with Crippen LogP contribution in [0.5, 0.6) is 0 Å². The third kappa shape index (κ3) is 4.81. The van der Waals surface area contributed by atoms with Crippen molar-refractivity contribution in [1.82, 2.24) is 10.2 Å². The van der Waals surface area contributed by atoms with E-state index in [1.165, 1.54) is 43.6 Å². The molecule has 104 valence electrons. The van der Waals surface area contributed by atoms with Gasteiger partial charge in [-0.3, -0.25) is 0 Å². The van der Waals surface area contributed by atoms with Crippen LogP contribution >= 0.6 is 0 Å². The molecule has 1 N–H and O–H groups in total. The number of likely N-dealkylation sites (tertiary alicyclic amines) is 1. The van der Waals surface area contributed by atoms with Gasteiger partial charge in [-0.15, -0.1) is 0 Å². The maximum absolute atomic E-state index is 3.69. The lowest BCUT2D eigenvalue weighted by Crippen LogP contribution is -2.42. The molecule has 1 heterocycles. The second-order valence-corrected chi connectivity index (χ2v) is 5.49. The summed E-state index contributed by atoms with van der Waals surface area (Å²) in [5, 5.41) is 3.69. The Morgan fingerprint density at radius 2 is 1.95 bits per heavy atom. The third-order valence-corrected chi connectivity index (χ3v) is 3.92. The van der Waals surface area contributed by atoms with Gasteiger partial charge in [0.15, 0.2) is 0 Å². The first-order valence-corrected chi connectivity index (χ1v) is 7.46. The minimum atomic E-state index is 0.696. The average Bonchev–Trinajstić information content (AvgIpc) is 2.47. The topological polar surface area (TPSA) is 15.3 Å². The monoisotopic (exact) mass is 258 g/mol. The highest BCUT2D eigenvalue weighted by atomic mass is 15.1. The highest BCUT2D eigenvalue weighted by Crippen LogP contribution is 2.11. The van der Waals surface area contributed by atoms with E-state index in [-0.39, 0.29) is 0 Å². The maximum atomic E-state index is 3.69. The van der Waals surface area contributed by atoms with E-state index in [0.717, 1.165) is 6.54 Å². The summed E-state index contributed by atoms with van der Waals surface area (Å²) in [7, 11) is 0. The zero-order chi connectivity index (χ0) is 13.5. The molecular weight excluding hydrogens is 232 g/mol. The third-order valence-electron chi connectivity index (χ3n) is 3.92. The fraction of sp³-hybridized carbons (Fsp3) is 0.529. The second kappa shape index (κ2) is 7.46. The molecule has 2 heteroatoms. The van der Waals surface area contributed by atoms with Gasteiger partial charge in [0.05, 0.1) is 0 Å². The largest absolute Gasteiger partial charge is 0.310 e. The van der Waals surface area contributed by atoms with Crippen molar-refractivity contribution in [1.29, 1.82) is 0 Å². The van der Waals surface area contributed by atoms with Gasteiger partial charge < -0.3 is 10.2 Å². The standard InChI is InChI=1S/C17H26N2/c1-3-19-11-9-17(10-12-19)18-14-15(2)13-16-7-5-4-6-8-16/h4-8,13,17-18H,3,9-12,14H2,1-2H3/b15-13+. The van der Waals surface area contributed by atoms with Crippen molar-refractivity contribution < 1.29 is 0 Å². The van der Waals surface area contributed by atoms with Gasteiger partial charge in [0, 0.05) is 12.6 Å². The molecule has 0 spiro atoms. The van der Waals surface area contributed by atoms with Crippen molar-refractivity contribution >= 4 is 6.08 Å². The van der Waals surface area contributed by atoms with E-state index in [1.807, 2.05) is 0 Å². The van der Waals surface area contributed by atoms with Crippen molar-refractivity contribution in [2.75, 3.05) is 26.2 Å². The Morgan fingerprint density at radius 3 is 2.58 bits per heavy atom. The summed E-state index contributed by atoms with van der Waals surface area (Å²) in [6, 6.07) is 11.3. The van der Waals surface area contributed by atoms with Crippen LogP contribution < -0.4 is 5.32 Å². The van der Waals surface area contributed by atoms with Crippen molar-refractivity contribution in [3.63, 3.8) is 0 Å². The highest BCUT2D eigenvalue weighted by molar-refractivity contribution is 5.52. The van der Waals surface area contributed by atoms with Gasteiger partial charge in [-0.25, -0.2) is 0 Å². The van der Waals surface area contributed by atoms with Crippen LogP contribution in [-0.4, -0.2) is 37.1 Å². The Hall–Kier alpha value is -1.12. The second-order valence-electron chi connectivity index (χ2n) is 5.49. The zero-order valence-electron chi connectivity index (χ0n) is 12.2. The Kier molecular flexibility index (Phi) is 5.62. The van der Waals surface area contributed by atoms with Crippen molar-refractivity contribution in [2.45, 2.75) is 32.7 Å². The number of rotatable bonds is 5. The Bertz CT molecular complexity index is 389. The van der Waals surface area contributed by atoms with Crippen LogP contribution in [0, 0.1) is 0 Å². The minimum absolute atomic E-state index is 0.696. The summed E-state index contributed by atoms with van der Waals surface area (Å²) in [6.07, 6.45) is 4.84. The van der Waals surface area contributed by atoms with Gasteiger partial charge in [0.25, 0.3) is 0 Å². The number of nitrogens with zero attached hydrogens (tertiary/aromatic N) is 1. The lowest BCUT2D eigenvalue weighted by molar-refractivity contribution is 0.208. The van der Waals surface area contributed by atoms with Crippen LogP contribution in [0.2, 0.25) is 0 Å². The lowest BCUT2D eigenvalue weighted by atomic mass is 10.0. The van der Waals surface area contributed by atoms with E-state index in [1.54, 1.807) is 0 Å². The van der Waals surface area contributed by atoms with Gasteiger partial charge in [0.2, 0.25) is 0 Å². The molecule has 2 rings (SSSR count). The SMILES string of the molecule is CCN1CCC(NC/C(C)=C/c2ccccc2)CC1. The first-order valence-electron chi connectivity index (χ1n) is 7.46. The molecule has 1 fully saturated rings. The number of piperidine rings is 1. The van der Waals surface area contributed by atoms with E-state index in [2.05, 4.69) is 60.5 Å². The van der Waals surface area contributed by atoms with Gasteiger partial charge >= 0.3 is 0 Å². The molecule has 1 aromatic rings. The molecule has 1 aromatic carbocycles. The van der Waals surface area contributed by atoms with Crippen molar-refractivity contribution in [3.8, 4) is 0 Å². The van der Waals surface area contributed by atoms with Gasteiger partial charge in [-0.1, -0.05) is 48.9 Å². The number of hydrogen-bond acceptors (Lipinski definition) is 2. The van der Waals surface area contributed by atoms with Crippen molar-refractivity contribution in [2.24, 2.45) is 0 Å². The smallest absolute Gasteiger partial charge is 0.0167 e. The van der Waals surface area contributed by atoms with E-state index in [9.17, 15) is 0 Å². The number of benzene rings is 1. The molecule has 0 radical (unpaired) electrons. The van der Waals surface area contributed by atoms with E-state index >= 15 is 0 Å². The molecule has 0 aromatic heterocycles. The lowest BCUT2D eigenvalue weighted by Gasteiger charge is -2.31. The normalized spacial score (nSPS) is 18.7. The molecule has 1 saturated heterocycles. The minimum Gasteiger partial charge on any atom is -0.310 e. The summed E-state index contributed by atoms with van der Waals surface area (Å²) in [4.78, 5) is 2.53. The Labute approximate surface area is 117 Å². The van der Waals surface area contributed by atoms with Crippen LogP contribution in [0.3, 0.4) is 0 Å². The molecule has 0 amide bonds. The molecule has 1 aliphatic rings. The molecule has 19 heavy (non-hydrogen) atoms. The van der Waals surface area contributed by atoms with Gasteiger partial charge in [-0.2, -0.15) is 0 Å². The van der Waals surface area contributed by atoms with Crippen molar-refractivity contribution in [3.05, 3.63) is 41.5 Å². The fourth-order valence-electron chi connectivity index (χ4n) is 2.64. The highest BCUT2D eigenvalue weighted by Gasteiger charge is 2.16. The zero-order valence-corrected chi connectivity index (χ0v) is 12.2.